The van der Waals surface area contributed by atoms with E-state index in [1.807, 2.05) is 13.8 Å². The summed E-state index contributed by atoms with van der Waals surface area (Å²) in [5.41, 5.74) is 0.0205. The average Bonchev–Trinajstić information content (AvgIpc) is 2.20. The minimum Gasteiger partial charge on any atom is -0.496 e. The molecule has 0 heterocycles. The van der Waals surface area contributed by atoms with Crippen molar-refractivity contribution in [2.24, 2.45) is 0 Å². The molecule has 2 nitrogen and oxygen atoms in total. The fraction of sp³-hybridized carbons (Fsp3) is 0.500. The molecule has 1 rings (SSSR count). The van der Waals surface area contributed by atoms with Gasteiger partial charge in [0.25, 0.3) is 0 Å². The summed E-state index contributed by atoms with van der Waals surface area (Å²) in [6.45, 7) is 5.25. The van der Waals surface area contributed by atoms with Crippen molar-refractivity contribution < 1.29 is 14.2 Å². The number of methoxy groups -OCH3 is 1. The Labute approximate surface area is 89.7 Å². The number of benzene rings is 1. The molecule has 0 saturated carbocycles. The zero-order chi connectivity index (χ0) is 11.6. The average molecular weight is 212 g/mol. The fourth-order valence-corrected chi connectivity index (χ4v) is 1.49. The molecule has 0 aliphatic rings. The maximum Gasteiger partial charge on any atom is 0.132 e. The third kappa shape index (κ3) is 2.29. The highest BCUT2D eigenvalue weighted by atomic mass is 19.1. The molecule has 84 valence electrons. The van der Waals surface area contributed by atoms with E-state index in [1.165, 1.54) is 13.2 Å². The standard InChI is InChI=1S/C12H17FO2/c1-5-12(3,14)9-6-8(2)11(15-4)7-10(9)13/h6-7,14H,5H2,1-4H3. The Balaban J connectivity index is 3.28. The maximum atomic E-state index is 13.7. The van der Waals surface area contributed by atoms with E-state index in [0.717, 1.165) is 5.56 Å². The molecular formula is C12H17FO2. The number of aryl methyl sites for hydroxylation is 1. The van der Waals surface area contributed by atoms with E-state index < -0.39 is 11.4 Å². The first-order valence-corrected chi connectivity index (χ1v) is 4.99. The lowest BCUT2D eigenvalue weighted by Gasteiger charge is -2.23. The van der Waals surface area contributed by atoms with E-state index in [2.05, 4.69) is 0 Å². The van der Waals surface area contributed by atoms with Gasteiger partial charge in [0.15, 0.2) is 0 Å². The van der Waals surface area contributed by atoms with Gasteiger partial charge in [-0.05, 0) is 31.9 Å². The number of ether oxygens (including phenoxy) is 1. The predicted octanol–water partition coefficient (Wildman–Crippen LogP) is 2.76. The van der Waals surface area contributed by atoms with Crippen molar-refractivity contribution in [1.82, 2.24) is 0 Å². The molecular weight excluding hydrogens is 195 g/mol. The molecule has 0 aromatic heterocycles. The normalized spacial score (nSPS) is 14.8. The van der Waals surface area contributed by atoms with Crippen molar-refractivity contribution >= 4 is 0 Å². The molecule has 0 fully saturated rings. The van der Waals surface area contributed by atoms with Gasteiger partial charge in [0.05, 0.1) is 12.7 Å². The molecule has 0 spiro atoms. The van der Waals surface area contributed by atoms with Gasteiger partial charge in [0.2, 0.25) is 0 Å². The Kier molecular flexibility index (Phi) is 3.35. The minimum atomic E-state index is -1.12. The van der Waals surface area contributed by atoms with Gasteiger partial charge in [-0.15, -0.1) is 0 Å². The van der Waals surface area contributed by atoms with Crippen LogP contribution in [-0.4, -0.2) is 12.2 Å². The van der Waals surface area contributed by atoms with Crippen LogP contribution in [0.15, 0.2) is 12.1 Å². The monoisotopic (exact) mass is 212 g/mol. The molecule has 0 aliphatic carbocycles. The number of halogens is 1. The Morgan fingerprint density at radius 2 is 2.07 bits per heavy atom. The molecule has 0 bridgehead atoms. The zero-order valence-electron chi connectivity index (χ0n) is 9.60. The van der Waals surface area contributed by atoms with Crippen LogP contribution in [-0.2, 0) is 5.60 Å². The highest BCUT2D eigenvalue weighted by Crippen LogP contribution is 2.31. The molecule has 0 amide bonds. The first-order valence-electron chi connectivity index (χ1n) is 4.99. The van der Waals surface area contributed by atoms with Crippen LogP contribution in [0.3, 0.4) is 0 Å². The van der Waals surface area contributed by atoms with Crippen LogP contribution in [0.1, 0.15) is 31.4 Å². The Bertz CT molecular complexity index is 359. The summed E-state index contributed by atoms with van der Waals surface area (Å²) in [4.78, 5) is 0. The van der Waals surface area contributed by atoms with Crippen LogP contribution in [0.2, 0.25) is 0 Å². The van der Waals surface area contributed by atoms with Crippen molar-refractivity contribution in [1.29, 1.82) is 0 Å². The summed E-state index contributed by atoms with van der Waals surface area (Å²) in [6, 6.07) is 2.95. The molecule has 1 unspecified atom stereocenters. The van der Waals surface area contributed by atoms with Crippen molar-refractivity contribution in [2.45, 2.75) is 32.8 Å². The summed E-state index contributed by atoms with van der Waals surface area (Å²) in [6.07, 6.45) is 0.468. The lowest BCUT2D eigenvalue weighted by molar-refractivity contribution is 0.0492. The second kappa shape index (κ2) is 4.19. The number of aliphatic hydroxyl groups is 1. The van der Waals surface area contributed by atoms with Crippen molar-refractivity contribution in [3.8, 4) is 5.75 Å². The molecule has 1 N–H and O–H groups in total. The first-order chi connectivity index (χ1) is 6.92. The van der Waals surface area contributed by atoms with Crippen LogP contribution >= 0.6 is 0 Å². The molecule has 1 aromatic carbocycles. The summed E-state index contributed by atoms with van der Waals surface area (Å²) in [5, 5.41) is 9.98. The van der Waals surface area contributed by atoms with Gasteiger partial charge in [-0.1, -0.05) is 6.92 Å². The van der Waals surface area contributed by atoms with Gasteiger partial charge >= 0.3 is 0 Å². The van der Waals surface area contributed by atoms with Crippen molar-refractivity contribution in [2.75, 3.05) is 7.11 Å². The van der Waals surface area contributed by atoms with E-state index in [4.69, 9.17) is 4.74 Å². The smallest absolute Gasteiger partial charge is 0.132 e. The molecule has 0 aliphatic heterocycles. The zero-order valence-corrected chi connectivity index (χ0v) is 9.60. The lowest BCUT2D eigenvalue weighted by Crippen LogP contribution is -2.21. The van der Waals surface area contributed by atoms with Crippen LogP contribution < -0.4 is 4.74 Å². The third-order valence-corrected chi connectivity index (χ3v) is 2.75. The van der Waals surface area contributed by atoms with Crippen LogP contribution in [0.25, 0.3) is 0 Å². The van der Waals surface area contributed by atoms with Gasteiger partial charge < -0.3 is 9.84 Å². The first kappa shape index (κ1) is 12.0. The molecule has 0 saturated heterocycles. The predicted molar refractivity (Wildman–Crippen MR) is 57.6 cm³/mol. The van der Waals surface area contributed by atoms with Gasteiger partial charge in [0.1, 0.15) is 11.6 Å². The number of rotatable bonds is 3. The summed E-state index contributed by atoms with van der Waals surface area (Å²) in [7, 11) is 1.50. The molecule has 3 heteroatoms. The van der Waals surface area contributed by atoms with Gasteiger partial charge in [-0.2, -0.15) is 0 Å². The van der Waals surface area contributed by atoms with Gasteiger partial charge in [-0.3, -0.25) is 0 Å². The second-order valence-corrected chi connectivity index (χ2v) is 3.93. The second-order valence-electron chi connectivity index (χ2n) is 3.93. The van der Waals surface area contributed by atoms with E-state index >= 15 is 0 Å². The van der Waals surface area contributed by atoms with E-state index in [9.17, 15) is 9.50 Å². The molecule has 1 aromatic rings. The quantitative estimate of drug-likeness (QED) is 0.834. The topological polar surface area (TPSA) is 29.5 Å². The molecule has 1 atom stereocenters. The number of hydrogen-bond donors (Lipinski definition) is 1. The SMILES string of the molecule is CCC(C)(O)c1cc(C)c(OC)cc1F. The highest BCUT2D eigenvalue weighted by Gasteiger charge is 2.25. The van der Waals surface area contributed by atoms with Crippen LogP contribution in [0, 0.1) is 12.7 Å². The van der Waals surface area contributed by atoms with Gasteiger partial charge in [0, 0.05) is 11.6 Å². The van der Waals surface area contributed by atoms with E-state index in [1.54, 1.807) is 13.0 Å². The number of hydrogen-bond acceptors (Lipinski definition) is 2. The van der Waals surface area contributed by atoms with E-state index in [-0.39, 0.29) is 0 Å². The summed E-state index contributed by atoms with van der Waals surface area (Å²) >= 11 is 0. The summed E-state index contributed by atoms with van der Waals surface area (Å²) in [5.74, 6) is 0.0763. The maximum absolute atomic E-state index is 13.7. The van der Waals surface area contributed by atoms with Gasteiger partial charge in [-0.25, -0.2) is 4.39 Å². The molecule has 15 heavy (non-hydrogen) atoms. The Morgan fingerprint density at radius 3 is 2.53 bits per heavy atom. The fourth-order valence-electron chi connectivity index (χ4n) is 1.49. The third-order valence-electron chi connectivity index (χ3n) is 2.75. The largest absolute Gasteiger partial charge is 0.496 e. The van der Waals surface area contributed by atoms with E-state index in [0.29, 0.717) is 17.7 Å². The van der Waals surface area contributed by atoms with Crippen LogP contribution in [0.5, 0.6) is 5.75 Å². The lowest BCUT2D eigenvalue weighted by atomic mass is 9.91. The Hall–Kier alpha value is -1.09. The summed E-state index contributed by atoms with van der Waals surface area (Å²) < 4.78 is 18.7. The van der Waals surface area contributed by atoms with Crippen molar-refractivity contribution in [3.05, 3.63) is 29.1 Å². The highest BCUT2D eigenvalue weighted by molar-refractivity contribution is 5.39. The van der Waals surface area contributed by atoms with Crippen LogP contribution in [0.4, 0.5) is 4.39 Å². The molecule has 0 radical (unpaired) electrons. The Morgan fingerprint density at radius 1 is 1.47 bits per heavy atom. The van der Waals surface area contributed by atoms with Crippen molar-refractivity contribution in [3.63, 3.8) is 0 Å². The minimum absolute atomic E-state index is 0.322.